The maximum atomic E-state index is 12.0. The van der Waals surface area contributed by atoms with Gasteiger partial charge in [0.15, 0.2) is 5.78 Å². The van der Waals surface area contributed by atoms with Crippen LogP contribution in [-0.2, 0) is 4.79 Å². The van der Waals surface area contributed by atoms with Gasteiger partial charge in [-0.1, -0.05) is 13.3 Å². The van der Waals surface area contributed by atoms with Gasteiger partial charge < -0.3 is 10.4 Å². The van der Waals surface area contributed by atoms with E-state index in [1.807, 2.05) is 6.92 Å². The molecule has 0 heterocycles. The van der Waals surface area contributed by atoms with Gasteiger partial charge in [0.1, 0.15) is 0 Å². The molecule has 1 aromatic carbocycles. The normalized spacial score (nSPS) is 13.7. The standard InChI is InChI=1S/C15H21NO3/c1-4-9-15(3,19)10-14(18)12-5-7-13(8-6-12)16-11(2)17/h5-8,19H,4,9-10H2,1-3H3,(H,16,17)/t15-/m0/s1. The van der Waals surface area contributed by atoms with Crippen LogP contribution in [-0.4, -0.2) is 22.4 Å². The van der Waals surface area contributed by atoms with E-state index in [2.05, 4.69) is 5.32 Å². The van der Waals surface area contributed by atoms with E-state index in [1.54, 1.807) is 31.2 Å². The number of hydrogen-bond donors (Lipinski definition) is 2. The molecule has 2 N–H and O–H groups in total. The maximum absolute atomic E-state index is 12.0. The minimum absolute atomic E-state index is 0.0900. The molecule has 0 unspecified atom stereocenters. The summed E-state index contributed by atoms with van der Waals surface area (Å²) in [5.41, 5.74) is 0.247. The number of benzene rings is 1. The van der Waals surface area contributed by atoms with Crippen LogP contribution in [0.1, 0.15) is 50.4 Å². The Kier molecular flexibility index (Phi) is 5.24. The number of carbonyl (C=O) groups excluding carboxylic acids is 2. The molecule has 1 amide bonds. The summed E-state index contributed by atoms with van der Waals surface area (Å²) in [7, 11) is 0. The van der Waals surface area contributed by atoms with Crippen molar-refractivity contribution in [3.63, 3.8) is 0 Å². The molecule has 104 valence electrons. The Bertz CT molecular complexity index is 449. The highest BCUT2D eigenvalue weighted by Crippen LogP contribution is 2.20. The predicted molar refractivity (Wildman–Crippen MR) is 75.2 cm³/mol. The molecule has 4 heteroatoms. The molecule has 1 aromatic rings. The SMILES string of the molecule is CCC[C@](C)(O)CC(=O)c1ccc(NC(C)=O)cc1. The highest BCUT2D eigenvalue weighted by atomic mass is 16.3. The Morgan fingerprint density at radius 2 is 1.84 bits per heavy atom. The number of nitrogens with one attached hydrogen (secondary N) is 1. The van der Waals surface area contributed by atoms with Crippen molar-refractivity contribution in [3.05, 3.63) is 29.8 Å². The minimum Gasteiger partial charge on any atom is -0.390 e. The van der Waals surface area contributed by atoms with Crippen LogP contribution in [0.3, 0.4) is 0 Å². The van der Waals surface area contributed by atoms with Crippen LogP contribution in [0.5, 0.6) is 0 Å². The van der Waals surface area contributed by atoms with Gasteiger partial charge >= 0.3 is 0 Å². The number of rotatable bonds is 6. The Labute approximate surface area is 113 Å². The summed E-state index contributed by atoms with van der Waals surface area (Å²) in [5, 5.41) is 12.7. The highest BCUT2D eigenvalue weighted by molar-refractivity contribution is 5.97. The van der Waals surface area contributed by atoms with E-state index in [1.165, 1.54) is 6.92 Å². The summed E-state index contributed by atoms with van der Waals surface area (Å²) in [6.07, 6.45) is 1.55. The zero-order chi connectivity index (χ0) is 14.5. The lowest BCUT2D eigenvalue weighted by Gasteiger charge is -2.21. The first-order valence-corrected chi connectivity index (χ1v) is 6.47. The van der Waals surface area contributed by atoms with Crippen LogP contribution < -0.4 is 5.32 Å². The Balaban J connectivity index is 2.70. The molecule has 0 aliphatic carbocycles. The molecule has 0 radical (unpaired) electrons. The summed E-state index contributed by atoms with van der Waals surface area (Å²) in [6, 6.07) is 6.69. The average Bonchev–Trinajstić information content (AvgIpc) is 2.28. The summed E-state index contributed by atoms with van der Waals surface area (Å²) in [4.78, 5) is 22.9. The molecule has 0 bridgehead atoms. The monoisotopic (exact) mass is 263 g/mol. The van der Waals surface area contributed by atoms with Crippen molar-refractivity contribution in [1.82, 2.24) is 0 Å². The number of ketones is 1. The Morgan fingerprint density at radius 3 is 2.32 bits per heavy atom. The lowest BCUT2D eigenvalue weighted by atomic mass is 9.92. The number of amides is 1. The molecule has 0 aromatic heterocycles. The van der Waals surface area contributed by atoms with Crippen molar-refractivity contribution in [2.45, 2.75) is 45.6 Å². The van der Waals surface area contributed by atoms with Gasteiger partial charge in [-0.25, -0.2) is 0 Å². The van der Waals surface area contributed by atoms with Crippen LogP contribution >= 0.6 is 0 Å². The lowest BCUT2D eigenvalue weighted by molar-refractivity contribution is -0.114. The third kappa shape index (κ3) is 5.22. The fraction of sp³-hybridized carbons (Fsp3) is 0.467. The number of hydrogen-bond acceptors (Lipinski definition) is 3. The molecule has 4 nitrogen and oxygen atoms in total. The summed E-state index contributed by atoms with van der Waals surface area (Å²) < 4.78 is 0. The van der Waals surface area contributed by atoms with Crippen molar-refractivity contribution < 1.29 is 14.7 Å². The van der Waals surface area contributed by atoms with Crippen LogP contribution in [0.15, 0.2) is 24.3 Å². The second-order valence-corrected chi connectivity index (χ2v) is 5.11. The van der Waals surface area contributed by atoms with E-state index in [9.17, 15) is 14.7 Å². The molecule has 0 aliphatic rings. The Hall–Kier alpha value is -1.68. The number of anilines is 1. The van der Waals surface area contributed by atoms with Gasteiger partial charge in [-0.3, -0.25) is 9.59 Å². The quantitative estimate of drug-likeness (QED) is 0.775. The van der Waals surface area contributed by atoms with E-state index in [0.717, 1.165) is 6.42 Å². The fourth-order valence-corrected chi connectivity index (χ4v) is 2.02. The smallest absolute Gasteiger partial charge is 0.221 e. The highest BCUT2D eigenvalue weighted by Gasteiger charge is 2.23. The zero-order valence-corrected chi connectivity index (χ0v) is 11.7. The van der Waals surface area contributed by atoms with Gasteiger partial charge in [0.25, 0.3) is 0 Å². The van der Waals surface area contributed by atoms with Crippen molar-refractivity contribution in [2.24, 2.45) is 0 Å². The van der Waals surface area contributed by atoms with Crippen molar-refractivity contribution in [3.8, 4) is 0 Å². The number of carbonyl (C=O) groups is 2. The van der Waals surface area contributed by atoms with Crippen molar-refractivity contribution in [1.29, 1.82) is 0 Å². The van der Waals surface area contributed by atoms with E-state index < -0.39 is 5.60 Å². The first-order chi connectivity index (χ1) is 8.84. The van der Waals surface area contributed by atoms with Gasteiger partial charge in [0.05, 0.1) is 5.60 Å². The van der Waals surface area contributed by atoms with Crippen molar-refractivity contribution in [2.75, 3.05) is 5.32 Å². The molecule has 1 atom stereocenters. The van der Waals surface area contributed by atoms with Gasteiger partial charge in [-0.05, 0) is 37.6 Å². The molecule has 19 heavy (non-hydrogen) atoms. The molecule has 1 rings (SSSR count). The van der Waals surface area contributed by atoms with Gasteiger partial charge in [-0.2, -0.15) is 0 Å². The molecule has 0 saturated carbocycles. The third-order valence-electron chi connectivity index (χ3n) is 2.86. The number of aliphatic hydroxyl groups is 1. The van der Waals surface area contributed by atoms with E-state index in [4.69, 9.17) is 0 Å². The van der Waals surface area contributed by atoms with Crippen LogP contribution in [0.4, 0.5) is 5.69 Å². The van der Waals surface area contributed by atoms with Crippen LogP contribution in [0.25, 0.3) is 0 Å². The fourth-order valence-electron chi connectivity index (χ4n) is 2.02. The van der Waals surface area contributed by atoms with Crippen LogP contribution in [0, 0.1) is 0 Å². The molecule has 0 spiro atoms. The minimum atomic E-state index is -0.956. The largest absolute Gasteiger partial charge is 0.390 e. The molecule has 0 aliphatic heterocycles. The average molecular weight is 263 g/mol. The summed E-state index contributed by atoms with van der Waals surface area (Å²) in [5.74, 6) is -0.238. The second kappa shape index (κ2) is 6.48. The van der Waals surface area contributed by atoms with Crippen LogP contribution in [0.2, 0.25) is 0 Å². The first-order valence-electron chi connectivity index (χ1n) is 6.47. The summed E-state index contributed by atoms with van der Waals surface area (Å²) >= 11 is 0. The predicted octanol–water partition coefficient (Wildman–Crippen LogP) is 2.77. The molecule has 0 fully saturated rings. The van der Waals surface area contributed by atoms with Crippen molar-refractivity contribution >= 4 is 17.4 Å². The second-order valence-electron chi connectivity index (χ2n) is 5.11. The van der Waals surface area contributed by atoms with Gasteiger partial charge in [-0.15, -0.1) is 0 Å². The van der Waals surface area contributed by atoms with E-state index >= 15 is 0 Å². The topological polar surface area (TPSA) is 66.4 Å². The Morgan fingerprint density at radius 1 is 1.26 bits per heavy atom. The first kappa shape index (κ1) is 15.4. The third-order valence-corrected chi connectivity index (χ3v) is 2.86. The maximum Gasteiger partial charge on any atom is 0.221 e. The van der Waals surface area contributed by atoms with E-state index in [0.29, 0.717) is 17.7 Å². The van der Waals surface area contributed by atoms with Gasteiger partial charge in [0, 0.05) is 24.6 Å². The molecule has 0 saturated heterocycles. The lowest BCUT2D eigenvalue weighted by Crippen LogP contribution is -2.27. The number of Topliss-reactive ketones (excluding diaryl/α,β-unsaturated/α-hetero) is 1. The van der Waals surface area contributed by atoms with Gasteiger partial charge in [0.2, 0.25) is 5.91 Å². The zero-order valence-electron chi connectivity index (χ0n) is 11.7. The summed E-state index contributed by atoms with van der Waals surface area (Å²) in [6.45, 7) is 5.09. The van der Waals surface area contributed by atoms with E-state index in [-0.39, 0.29) is 18.1 Å². The molecular weight excluding hydrogens is 242 g/mol. The molecular formula is C15H21NO3.